The number of aromatic amines is 1. The minimum Gasteiger partial charge on any atom is -0.469 e. The van der Waals surface area contributed by atoms with E-state index >= 15 is 0 Å². The zero-order valence-corrected chi connectivity index (χ0v) is 9.67. The fourth-order valence-corrected chi connectivity index (χ4v) is 2.21. The van der Waals surface area contributed by atoms with Gasteiger partial charge in [-0.3, -0.25) is 0 Å². The van der Waals surface area contributed by atoms with Gasteiger partial charge in [0, 0.05) is 24.4 Å². The van der Waals surface area contributed by atoms with Crippen molar-refractivity contribution in [2.45, 2.75) is 26.3 Å². The maximum absolute atomic E-state index is 5.32. The summed E-state index contributed by atoms with van der Waals surface area (Å²) in [6.07, 6.45) is 4.49. The van der Waals surface area contributed by atoms with E-state index < -0.39 is 0 Å². The Hall–Kier alpha value is -1.29. The molecule has 0 aliphatic heterocycles. The van der Waals surface area contributed by atoms with Gasteiger partial charge in [0.05, 0.1) is 6.26 Å². The quantitative estimate of drug-likeness (QED) is 0.809. The molecule has 0 fully saturated rings. The van der Waals surface area contributed by atoms with Crippen LogP contribution in [0.15, 0.2) is 29.0 Å². The predicted molar refractivity (Wildman–Crippen MR) is 61.5 cm³/mol. The summed E-state index contributed by atoms with van der Waals surface area (Å²) >= 11 is 5.22. The van der Waals surface area contributed by atoms with E-state index in [0.29, 0.717) is 6.04 Å². The molecule has 0 saturated heterocycles. The van der Waals surface area contributed by atoms with Crippen LogP contribution < -0.4 is 0 Å². The number of nitrogens with zero attached hydrogens (tertiary/aromatic N) is 1. The Kier molecular flexibility index (Phi) is 2.77. The molecule has 0 radical (unpaired) electrons. The van der Waals surface area contributed by atoms with Gasteiger partial charge in [-0.25, -0.2) is 0 Å². The molecule has 0 spiro atoms. The molecule has 0 saturated carbocycles. The second-order valence-electron chi connectivity index (χ2n) is 3.74. The van der Waals surface area contributed by atoms with Crippen molar-refractivity contribution in [3.63, 3.8) is 0 Å². The molecule has 0 aromatic carbocycles. The number of H-pyrrole nitrogens is 1. The van der Waals surface area contributed by atoms with Crippen LogP contribution >= 0.6 is 12.2 Å². The average Bonchev–Trinajstić information content (AvgIpc) is 2.77. The van der Waals surface area contributed by atoms with Crippen molar-refractivity contribution < 1.29 is 4.42 Å². The lowest BCUT2D eigenvalue weighted by Gasteiger charge is -2.13. The van der Waals surface area contributed by atoms with E-state index in [4.69, 9.17) is 16.6 Å². The fraction of sp³-hybridized carbons (Fsp3) is 0.364. The number of aromatic nitrogens is 2. The third-order valence-corrected chi connectivity index (χ3v) is 2.84. The molecule has 15 heavy (non-hydrogen) atoms. The Morgan fingerprint density at radius 3 is 2.93 bits per heavy atom. The number of hydrogen-bond donors (Lipinski definition) is 1. The Morgan fingerprint density at radius 2 is 2.40 bits per heavy atom. The topological polar surface area (TPSA) is 33.9 Å². The highest BCUT2D eigenvalue weighted by atomic mass is 32.1. The van der Waals surface area contributed by atoms with Gasteiger partial charge in [-0.05, 0) is 38.2 Å². The number of imidazole rings is 1. The van der Waals surface area contributed by atoms with Crippen LogP contribution in [0.5, 0.6) is 0 Å². The average molecular weight is 222 g/mol. The zero-order valence-electron chi connectivity index (χ0n) is 8.86. The lowest BCUT2D eigenvalue weighted by Crippen LogP contribution is -2.09. The SMILES string of the molecule is Cc1c[nH]c(=S)n1C(C)Cc1ccco1. The number of hydrogen-bond acceptors (Lipinski definition) is 2. The summed E-state index contributed by atoms with van der Waals surface area (Å²) in [5.41, 5.74) is 1.15. The molecule has 2 aromatic heterocycles. The first-order valence-corrected chi connectivity index (χ1v) is 5.38. The highest BCUT2D eigenvalue weighted by molar-refractivity contribution is 7.71. The molecule has 2 rings (SSSR count). The molecule has 4 heteroatoms. The normalized spacial score (nSPS) is 12.9. The first-order valence-electron chi connectivity index (χ1n) is 4.97. The van der Waals surface area contributed by atoms with E-state index in [-0.39, 0.29) is 0 Å². The summed E-state index contributed by atoms with van der Waals surface area (Å²) in [7, 11) is 0. The molecule has 80 valence electrons. The Balaban J connectivity index is 2.22. The van der Waals surface area contributed by atoms with Gasteiger partial charge in [-0.1, -0.05) is 0 Å². The fourth-order valence-electron chi connectivity index (χ4n) is 1.82. The van der Waals surface area contributed by atoms with E-state index in [9.17, 15) is 0 Å². The predicted octanol–water partition coefficient (Wildman–Crippen LogP) is 3.25. The van der Waals surface area contributed by atoms with Crippen LogP contribution in [-0.4, -0.2) is 9.55 Å². The molecule has 2 heterocycles. The number of nitrogens with one attached hydrogen (secondary N) is 1. The third-order valence-electron chi connectivity index (χ3n) is 2.52. The van der Waals surface area contributed by atoms with Gasteiger partial charge in [0.15, 0.2) is 4.77 Å². The van der Waals surface area contributed by atoms with Crippen molar-refractivity contribution >= 4 is 12.2 Å². The van der Waals surface area contributed by atoms with Crippen LogP contribution in [0.4, 0.5) is 0 Å². The van der Waals surface area contributed by atoms with E-state index in [1.807, 2.05) is 25.3 Å². The Labute approximate surface area is 93.7 Å². The van der Waals surface area contributed by atoms with E-state index in [2.05, 4.69) is 16.5 Å². The molecule has 2 aromatic rings. The molecular formula is C11H14N2OS. The standard InChI is InChI=1S/C11H14N2OS/c1-8(6-10-4-3-5-14-10)13-9(2)7-12-11(13)15/h3-5,7-8H,6H2,1-2H3,(H,12,15). The van der Waals surface area contributed by atoms with E-state index in [0.717, 1.165) is 22.6 Å². The van der Waals surface area contributed by atoms with Crippen molar-refractivity contribution in [2.24, 2.45) is 0 Å². The van der Waals surface area contributed by atoms with Crippen LogP contribution in [-0.2, 0) is 6.42 Å². The van der Waals surface area contributed by atoms with Crippen LogP contribution in [0.3, 0.4) is 0 Å². The van der Waals surface area contributed by atoms with Gasteiger partial charge in [0.25, 0.3) is 0 Å². The van der Waals surface area contributed by atoms with Crippen LogP contribution in [0.1, 0.15) is 24.4 Å². The van der Waals surface area contributed by atoms with Crippen molar-refractivity contribution in [2.75, 3.05) is 0 Å². The van der Waals surface area contributed by atoms with Crippen LogP contribution in [0.25, 0.3) is 0 Å². The Bertz CT molecular complexity index is 481. The molecule has 0 aliphatic rings. The minimum absolute atomic E-state index is 0.315. The Morgan fingerprint density at radius 1 is 1.60 bits per heavy atom. The van der Waals surface area contributed by atoms with Gasteiger partial charge < -0.3 is 14.0 Å². The van der Waals surface area contributed by atoms with E-state index in [1.165, 1.54) is 0 Å². The molecule has 0 amide bonds. The molecule has 1 N–H and O–H groups in total. The zero-order chi connectivity index (χ0) is 10.8. The third kappa shape index (κ3) is 2.04. The lowest BCUT2D eigenvalue weighted by atomic mass is 10.2. The molecule has 0 bridgehead atoms. The van der Waals surface area contributed by atoms with Crippen molar-refractivity contribution in [3.05, 3.63) is 40.8 Å². The lowest BCUT2D eigenvalue weighted by molar-refractivity contribution is 0.442. The number of aryl methyl sites for hydroxylation is 1. The summed E-state index contributed by atoms with van der Waals surface area (Å²) in [5.74, 6) is 0.991. The minimum atomic E-state index is 0.315. The summed E-state index contributed by atoms with van der Waals surface area (Å²) < 4.78 is 8.20. The largest absolute Gasteiger partial charge is 0.469 e. The van der Waals surface area contributed by atoms with Gasteiger partial charge in [0.1, 0.15) is 5.76 Å². The van der Waals surface area contributed by atoms with Gasteiger partial charge in [0.2, 0.25) is 0 Å². The van der Waals surface area contributed by atoms with Gasteiger partial charge in [-0.15, -0.1) is 0 Å². The van der Waals surface area contributed by atoms with Gasteiger partial charge >= 0.3 is 0 Å². The summed E-state index contributed by atoms with van der Waals surface area (Å²) in [4.78, 5) is 3.04. The second kappa shape index (κ2) is 4.06. The maximum Gasteiger partial charge on any atom is 0.177 e. The number of rotatable bonds is 3. The monoisotopic (exact) mass is 222 g/mol. The van der Waals surface area contributed by atoms with Crippen LogP contribution in [0, 0.1) is 11.7 Å². The summed E-state index contributed by atoms with van der Waals surface area (Å²) in [6, 6.07) is 4.21. The highest BCUT2D eigenvalue weighted by Gasteiger charge is 2.10. The first kappa shape index (κ1) is 10.2. The molecule has 1 atom stereocenters. The first-order chi connectivity index (χ1) is 7.18. The van der Waals surface area contributed by atoms with Crippen molar-refractivity contribution in [3.8, 4) is 0 Å². The maximum atomic E-state index is 5.32. The molecule has 3 nitrogen and oxygen atoms in total. The van der Waals surface area contributed by atoms with Crippen molar-refractivity contribution in [1.82, 2.24) is 9.55 Å². The van der Waals surface area contributed by atoms with Crippen molar-refractivity contribution in [1.29, 1.82) is 0 Å². The molecular weight excluding hydrogens is 208 g/mol. The smallest absolute Gasteiger partial charge is 0.177 e. The molecule has 0 aliphatic carbocycles. The second-order valence-corrected chi connectivity index (χ2v) is 4.12. The summed E-state index contributed by atoms with van der Waals surface area (Å²) in [5, 5.41) is 0. The molecule has 1 unspecified atom stereocenters. The summed E-state index contributed by atoms with van der Waals surface area (Å²) in [6.45, 7) is 4.18. The van der Waals surface area contributed by atoms with E-state index in [1.54, 1.807) is 6.26 Å². The number of furan rings is 1. The highest BCUT2D eigenvalue weighted by Crippen LogP contribution is 2.16. The van der Waals surface area contributed by atoms with Crippen LogP contribution in [0.2, 0.25) is 0 Å². The van der Waals surface area contributed by atoms with Gasteiger partial charge in [-0.2, -0.15) is 0 Å².